The van der Waals surface area contributed by atoms with Crippen LogP contribution >= 0.6 is 0 Å². The number of hydrogen-bond acceptors (Lipinski definition) is 2. The lowest BCUT2D eigenvalue weighted by Crippen LogP contribution is -2.25. The summed E-state index contributed by atoms with van der Waals surface area (Å²) in [4.78, 5) is 12.3. The van der Waals surface area contributed by atoms with Gasteiger partial charge in [0.25, 0.3) is 0 Å². The number of ether oxygens (including phenoxy) is 1. The molecule has 0 spiro atoms. The van der Waals surface area contributed by atoms with Crippen LogP contribution in [-0.2, 0) is 14.9 Å². The van der Waals surface area contributed by atoms with Gasteiger partial charge in [-0.1, -0.05) is 54.6 Å². The summed E-state index contributed by atoms with van der Waals surface area (Å²) in [6.45, 7) is 3.79. The minimum atomic E-state index is -0.389. The van der Waals surface area contributed by atoms with Crippen LogP contribution in [0, 0.1) is 0 Å². The number of hydrogen-bond donors (Lipinski definition) is 0. The average molecular weight is 280 g/mol. The van der Waals surface area contributed by atoms with Crippen molar-refractivity contribution >= 4 is 5.97 Å². The van der Waals surface area contributed by atoms with Gasteiger partial charge in [0, 0.05) is 0 Å². The highest BCUT2D eigenvalue weighted by atomic mass is 16.5. The molecule has 2 aromatic rings. The first-order valence-electron chi connectivity index (χ1n) is 7.49. The third-order valence-corrected chi connectivity index (χ3v) is 4.03. The summed E-state index contributed by atoms with van der Waals surface area (Å²) in [6.07, 6.45) is 1.73. The first kappa shape index (κ1) is 13.9. The first-order chi connectivity index (χ1) is 10.1. The topological polar surface area (TPSA) is 26.3 Å². The van der Waals surface area contributed by atoms with Gasteiger partial charge >= 0.3 is 5.97 Å². The smallest absolute Gasteiger partial charge is 0.316 e. The molecule has 0 saturated heterocycles. The van der Waals surface area contributed by atoms with E-state index in [0.717, 1.165) is 18.4 Å². The van der Waals surface area contributed by atoms with Gasteiger partial charge in [-0.3, -0.25) is 4.79 Å². The van der Waals surface area contributed by atoms with Gasteiger partial charge in [0.15, 0.2) is 0 Å². The van der Waals surface area contributed by atoms with Gasteiger partial charge in [-0.15, -0.1) is 0 Å². The van der Waals surface area contributed by atoms with E-state index in [4.69, 9.17) is 4.74 Å². The Labute approximate surface area is 125 Å². The normalized spacial score (nSPS) is 15.8. The highest BCUT2D eigenvalue weighted by Crippen LogP contribution is 2.49. The van der Waals surface area contributed by atoms with Crippen LogP contribution in [0.4, 0.5) is 0 Å². The molecule has 0 heterocycles. The van der Waals surface area contributed by atoms with Crippen molar-refractivity contribution in [2.75, 3.05) is 0 Å². The van der Waals surface area contributed by atoms with E-state index >= 15 is 0 Å². The molecule has 21 heavy (non-hydrogen) atoms. The molecular weight excluding hydrogens is 260 g/mol. The van der Waals surface area contributed by atoms with Crippen molar-refractivity contribution in [2.45, 2.75) is 38.2 Å². The van der Waals surface area contributed by atoms with E-state index in [9.17, 15) is 4.79 Å². The molecule has 3 rings (SSSR count). The number of carbonyl (C=O) groups excluding carboxylic acids is 1. The summed E-state index contributed by atoms with van der Waals surface area (Å²) in [5.74, 6) is -0.0787. The zero-order valence-electron chi connectivity index (χ0n) is 12.5. The Balaban J connectivity index is 1.83. The number of rotatable bonds is 4. The minimum absolute atomic E-state index is 0.0569. The third kappa shape index (κ3) is 2.71. The lowest BCUT2D eigenvalue weighted by molar-refractivity contribution is -0.150. The number of esters is 1. The summed E-state index contributed by atoms with van der Waals surface area (Å²) < 4.78 is 5.41. The van der Waals surface area contributed by atoms with Gasteiger partial charge in [-0.25, -0.2) is 0 Å². The van der Waals surface area contributed by atoms with Crippen molar-refractivity contribution in [1.82, 2.24) is 0 Å². The van der Waals surface area contributed by atoms with Gasteiger partial charge in [0.2, 0.25) is 0 Å². The molecule has 1 aliphatic rings. The van der Waals surface area contributed by atoms with E-state index in [1.165, 1.54) is 11.1 Å². The van der Waals surface area contributed by atoms with E-state index < -0.39 is 0 Å². The lowest BCUT2D eigenvalue weighted by Gasteiger charge is -2.17. The van der Waals surface area contributed by atoms with Gasteiger partial charge < -0.3 is 4.74 Å². The predicted octanol–water partition coefficient (Wildman–Crippen LogP) is 4.34. The summed E-state index contributed by atoms with van der Waals surface area (Å²) in [7, 11) is 0. The van der Waals surface area contributed by atoms with Crippen molar-refractivity contribution < 1.29 is 9.53 Å². The van der Waals surface area contributed by atoms with E-state index in [-0.39, 0.29) is 17.5 Å². The fourth-order valence-electron chi connectivity index (χ4n) is 2.67. The summed E-state index contributed by atoms with van der Waals surface area (Å²) in [6, 6.07) is 18.6. The molecule has 1 aliphatic carbocycles. The molecule has 0 bridgehead atoms. The Bertz CT molecular complexity index is 622. The first-order valence-corrected chi connectivity index (χ1v) is 7.49. The van der Waals surface area contributed by atoms with Crippen molar-refractivity contribution in [1.29, 1.82) is 0 Å². The molecular formula is C19H20O2. The molecule has 0 aromatic heterocycles. The van der Waals surface area contributed by atoms with Crippen molar-refractivity contribution in [3.63, 3.8) is 0 Å². The summed E-state index contributed by atoms with van der Waals surface area (Å²) in [5.41, 5.74) is 3.05. The molecule has 0 N–H and O–H groups in total. The Kier molecular flexibility index (Phi) is 3.54. The third-order valence-electron chi connectivity index (χ3n) is 4.03. The van der Waals surface area contributed by atoms with Crippen LogP contribution in [0.15, 0.2) is 54.6 Å². The predicted molar refractivity (Wildman–Crippen MR) is 84.0 cm³/mol. The molecule has 0 aliphatic heterocycles. The highest BCUT2D eigenvalue weighted by Gasteiger charge is 2.52. The molecule has 0 unspecified atom stereocenters. The Morgan fingerprint density at radius 3 is 2.05 bits per heavy atom. The SMILES string of the molecule is CC(C)OC(=O)C1(c2ccc(-c3ccccc3)cc2)CC1. The van der Waals surface area contributed by atoms with Crippen molar-refractivity contribution in [3.8, 4) is 11.1 Å². The number of carbonyl (C=O) groups is 1. The van der Waals surface area contributed by atoms with Crippen LogP contribution in [0.25, 0.3) is 11.1 Å². The largest absolute Gasteiger partial charge is 0.462 e. The summed E-state index contributed by atoms with van der Waals surface area (Å²) >= 11 is 0. The maximum atomic E-state index is 12.3. The molecule has 0 radical (unpaired) electrons. The Morgan fingerprint density at radius 1 is 0.952 bits per heavy atom. The molecule has 0 atom stereocenters. The second kappa shape index (κ2) is 5.36. The van der Waals surface area contributed by atoms with Crippen LogP contribution in [0.5, 0.6) is 0 Å². The molecule has 108 valence electrons. The molecule has 2 heteroatoms. The van der Waals surface area contributed by atoms with Crippen LogP contribution in [-0.4, -0.2) is 12.1 Å². The molecule has 0 amide bonds. The zero-order chi connectivity index (χ0) is 14.9. The van der Waals surface area contributed by atoms with E-state index in [2.05, 4.69) is 36.4 Å². The maximum absolute atomic E-state index is 12.3. The molecule has 2 aromatic carbocycles. The van der Waals surface area contributed by atoms with E-state index in [1.54, 1.807) is 0 Å². The van der Waals surface area contributed by atoms with Gasteiger partial charge in [-0.05, 0) is 43.4 Å². The standard InChI is InChI=1S/C19H20O2/c1-14(2)21-18(20)19(12-13-19)17-10-8-16(9-11-17)15-6-4-3-5-7-15/h3-11,14H,12-13H2,1-2H3. The minimum Gasteiger partial charge on any atom is -0.462 e. The average Bonchev–Trinajstić information content (AvgIpc) is 3.29. The monoisotopic (exact) mass is 280 g/mol. The summed E-state index contributed by atoms with van der Waals surface area (Å²) in [5, 5.41) is 0. The Morgan fingerprint density at radius 2 is 1.52 bits per heavy atom. The fourth-order valence-corrected chi connectivity index (χ4v) is 2.67. The van der Waals surface area contributed by atoms with Gasteiger partial charge in [0.05, 0.1) is 11.5 Å². The lowest BCUT2D eigenvalue weighted by atomic mass is 9.94. The molecule has 2 nitrogen and oxygen atoms in total. The quantitative estimate of drug-likeness (QED) is 0.779. The Hall–Kier alpha value is -2.09. The van der Waals surface area contributed by atoms with E-state index in [0.29, 0.717) is 0 Å². The van der Waals surface area contributed by atoms with Crippen LogP contribution in [0.2, 0.25) is 0 Å². The molecule has 1 fully saturated rings. The maximum Gasteiger partial charge on any atom is 0.316 e. The van der Waals surface area contributed by atoms with Crippen LogP contribution in [0.1, 0.15) is 32.3 Å². The number of benzene rings is 2. The van der Waals surface area contributed by atoms with E-state index in [1.807, 2.05) is 32.0 Å². The van der Waals surface area contributed by atoms with Crippen LogP contribution < -0.4 is 0 Å². The van der Waals surface area contributed by atoms with Crippen molar-refractivity contribution in [2.24, 2.45) is 0 Å². The van der Waals surface area contributed by atoms with Crippen LogP contribution in [0.3, 0.4) is 0 Å². The second-order valence-electron chi connectivity index (χ2n) is 5.98. The molecule has 1 saturated carbocycles. The van der Waals surface area contributed by atoms with Gasteiger partial charge in [0.1, 0.15) is 0 Å². The fraction of sp³-hybridized carbons (Fsp3) is 0.316. The zero-order valence-corrected chi connectivity index (χ0v) is 12.5. The second-order valence-corrected chi connectivity index (χ2v) is 5.98. The van der Waals surface area contributed by atoms with Crippen molar-refractivity contribution in [3.05, 3.63) is 60.2 Å². The van der Waals surface area contributed by atoms with Gasteiger partial charge in [-0.2, -0.15) is 0 Å². The highest BCUT2D eigenvalue weighted by molar-refractivity contribution is 5.87.